The molecule has 0 aliphatic carbocycles. The quantitative estimate of drug-likeness (QED) is 0.473. The highest BCUT2D eigenvalue weighted by atomic mass is 16.5. The standard InChI is InChI=1S/C23H17NO6/c1-12-5-6-13(28-12)10-18-21(26)15-7-8-17-20(22(15)29-18)16(11-19(25)27-2)14-4-3-9-24-23(14)30-17/h3-10,16H,11H2,1-2H3/b18-10-/t16-/m1/s1. The van der Waals surface area contributed by atoms with Crippen LogP contribution in [0.3, 0.4) is 0 Å². The van der Waals surface area contributed by atoms with E-state index in [0.29, 0.717) is 34.3 Å². The molecule has 4 heterocycles. The number of nitrogens with zero attached hydrogens (tertiary/aromatic N) is 1. The third-order valence-corrected chi connectivity index (χ3v) is 5.20. The van der Waals surface area contributed by atoms with Gasteiger partial charge in [-0.2, -0.15) is 0 Å². The van der Waals surface area contributed by atoms with Gasteiger partial charge in [0.15, 0.2) is 5.76 Å². The molecule has 0 bridgehead atoms. The molecule has 0 amide bonds. The Morgan fingerprint density at radius 2 is 2.07 bits per heavy atom. The number of pyridine rings is 1. The third-order valence-electron chi connectivity index (χ3n) is 5.20. The van der Waals surface area contributed by atoms with Crippen molar-refractivity contribution in [3.8, 4) is 17.4 Å². The number of benzene rings is 1. The number of hydrogen-bond donors (Lipinski definition) is 0. The molecule has 0 unspecified atom stereocenters. The van der Waals surface area contributed by atoms with Crippen molar-refractivity contribution in [3.63, 3.8) is 0 Å². The van der Waals surface area contributed by atoms with E-state index in [2.05, 4.69) is 4.98 Å². The van der Waals surface area contributed by atoms with E-state index in [-0.39, 0.29) is 23.9 Å². The third kappa shape index (κ3) is 2.86. The van der Waals surface area contributed by atoms with Crippen molar-refractivity contribution in [2.75, 3.05) is 7.11 Å². The zero-order chi connectivity index (χ0) is 20.8. The molecule has 7 nitrogen and oxygen atoms in total. The molecule has 30 heavy (non-hydrogen) atoms. The van der Waals surface area contributed by atoms with Crippen molar-refractivity contribution in [3.05, 3.63) is 76.6 Å². The summed E-state index contributed by atoms with van der Waals surface area (Å²) in [5.74, 6) is 1.66. The number of fused-ring (bicyclic) bond motifs is 4. The Balaban J connectivity index is 1.63. The second-order valence-corrected chi connectivity index (χ2v) is 7.07. The maximum Gasteiger partial charge on any atom is 0.306 e. The van der Waals surface area contributed by atoms with Gasteiger partial charge in [-0.1, -0.05) is 6.07 Å². The van der Waals surface area contributed by atoms with Gasteiger partial charge in [0, 0.05) is 29.3 Å². The number of carbonyl (C=O) groups is 2. The molecule has 1 aromatic carbocycles. The lowest BCUT2D eigenvalue weighted by Gasteiger charge is -2.27. The van der Waals surface area contributed by atoms with Crippen LogP contribution in [0, 0.1) is 6.92 Å². The van der Waals surface area contributed by atoms with Gasteiger partial charge in [0.2, 0.25) is 11.7 Å². The van der Waals surface area contributed by atoms with Crippen molar-refractivity contribution < 1.29 is 28.2 Å². The summed E-state index contributed by atoms with van der Waals surface area (Å²) in [6, 6.07) is 10.6. The molecule has 0 saturated heterocycles. The molecule has 2 aromatic heterocycles. The van der Waals surface area contributed by atoms with Crippen LogP contribution in [0.2, 0.25) is 0 Å². The lowest BCUT2D eigenvalue weighted by molar-refractivity contribution is -0.140. The van der Waals surface area contributed by atoms with E-state index in [1.54, 1.807) is 36.5 Å². The Labute approximate surface area is 171 Å². The van der Waals surface area contributed by atoms with E-state index in [1.165, 1.54) is 7.11 Å². The number of hydrogen-bond acceptors (Lipinski definition) is 7. The molecule has 5 rings (SSSR count). The first-order chi connectivity index (χ1) is 14.5. The number of Topliss-reactive ketones (excluding diaryl/α,β-unsaturated/α-hetero) is 1. The Morgan fingerprint density at radius 3 is 2.83 bits per heavy atom. The molecular formula is C23H17NO6. The second-order valence-electron chi connectivity index (χ2n) is 7.07. The molecule has 7 heteroatoms. The average Bonchev–Trinajstić information content (AvgIpc) is 3.30. The second kappa shape index (κ2) is 6.88. The first kappa shape index (κ1) is 18.2. The fraction of sp³-hybridized carbons (Fsp3) is 0.174. The smallest absolute Gasteiger partial charge is 0.306 e. The van der Waals surface area contributed by atoms with Crippen molar-refractivity contribution >= 4 is 17.8 Å². The SMILES string of the molecule is COC(=O)C[C@@H]1c2cccnc2Oc2ccc3c(c21)O/C(=C\c1ccc(C)o1)C3=O. The summed E-state index contributed by atoms with van der Waals surface area (Å²) in [4.78, 5) is 29.4. The van der Waals surface area contributed by atoms with Crippen LogP contribution in [0.1, 0.15) is 45.3 Å². The molecule has 0 saturated carbocycles. The molecule has 0 radical (unpaired) electrons. The first-order valence-electron chi connectivity index (χ1n) is 9.42. The molecular weight excluding hydrogens is 386 g/mol. The van der Waals surface area contributed by atoms with Crippen molar-refractivity contribution in [2.24, 2.45) is 0 Å². The van der Waals surface area contributed by atoms with E-state index in [0.717, 1.165) is 11.3 Å². The maximum atomic E-state index is 12.9. The minimum atomic E-state index is -0.419. The van der Waals surface area contributed by atoms with Gasteiger partial charge in [0.25, 0.3) is 0 Å². The van der Waals surface area contributed by atoms with E-state index in [1.807, 2.05) is 19.1 Å². The monoisotopic (exact) mass is 403 g/mol. The highest BCUT2D eigenvalue weighted by Gasteiger charge is 2.39. The van der Waals surface area contributed by atoms with E-state index < -0.39 is 5.92 Å². The summed E-state index contributed by atoms with van der Waals surface area (Å²) in [6.07, 6.45) is 3.25. The fourth-order valence-electron chi connectivity index (χ4n) is 3.81. The molecule has 2 aliphatic rings. The van der Waals surface area contributed by atoms with Crippen LogP contribution in [-0.4, -0.2) is 23.8 Å². The topological polar surface area (TPSA) is 87.9 Å². The van der Waals surface area contributed by atoms with Gasteiger partial charge in [-0.15, -0.1) is 0 Å². The highest BCUT2D eigenvalue weighted by molar-refractivity contribution is 6.15. The number of ether oxygens (including phenoxy) is 3. The largest absolute Gasteiger partial charge is 0.469 e. The molecule has 0 N–H and O–H groups in total. The van der Waals surface area contributed by atoms with Crippen molar-refractivity contribution in [1.29, 1.82) is 0 Å². The van der Waals surface area contributed by atoms with Gasteiger partial charge in [-0.3, -0.25) is 9.59 Å². The van der Waals surface area contributed by atoms with Crippen LogP contribution >= 0.6 is 0 Å². The van der Waals surface area contributed by atoms with Crippen molar-refractivity contribution in [1.82, 2.24) is 4.98 Å². The first-order valence-corrected chi connectivity index (χ1v) is 9.42. The molecule has 0 fully saturated rings. The summed E-state index contributed by atoms with van der Waals surface area (Å²) >= 11 is 0. The van der Waals surface area contributed by atoms with Crippen LogP contribution in [0.5, 0.6) is 17.4 Å². The van der Waals surface area contributed by atoms with Gasteiger partial charge < -0.3 is 18.6 Å². The Bertz CT molecular complexity index is 1220. The molecule has 150 valence electrons. The lowest BCUT2D eigenvalue weighted by Crippen LogP contribution is -2.16. The van der Waals surface area contributed by atoms with E-state index in [9.17, 15) is 9.59 Å². The van der Waals surface area contributed by atoms with Gasteiger partial charge >= 0.3 is 5.97 Å². The highest BCUT2D eigenvalue weighted by Crippen LogP contribution is 2.52. The van der Waals surface area contributed by atoms with E-state index >= 15 is 0 Å². The Kier molecular flexibility index (Phi) is 4.17. The minimum absolute atomic E-state index is 0.0655. The summed E-state index contributed by atoms with van der Waals surface area (Å²) < 4.78 is 22.4. The number of aryl methyl sites for hydroxylation is 1. The fourth-order valence-corrected chi connectivity index (χ4v) is 3.81. The minimum Gasteiger partial charge on any atom is -0.469 e. The number of furan rings is 1. The summed E-state index contributed by atoms with van der Waals surface area (Å²) in [5.41, 5.74) is 1.78. The molecule has 0 spiro atoms. The summed E-state index contributed by atoms with van der Waals surface area (Å²) in [5, 5.41) is 0. The molecule has 1 atom stereocenters. The predicted octanol–water partition coefficient (Wildman–Crippen LogP) is 4.40. The Hall–Kier alpha value is -3.87. The molecule has 2 aliphatic heterocycles. The zero-order valence-corrected chi connectivity index (χ0v) is 16.3. The number of allylic oxidation sites excluding steroid dienone is 1. The molecule has 3 aromatic rings. The van der Waals surface area contributed by atoms with Crippen LogP contribution in [0.25, 0.3) is 6.08 Å². The maximum absolute atomic E-state index is 12.9. The Morgan fingerprint density at radius 1 is 1.20 bits per heavy atom. The van der Waals surface area contributed by atoms with E-state index in [4.69, 9.17) is 18.6 Å². The number of ketones is 1. The van der Waals surface area contributed by atoms with Crippen molar-refractivity contribution in [2.45, 2.75) is 19.3 Å². The number of carbonyl (C=O) groups excluding carboxylic acids is 2. The average molecular weight is 403 g/mol. The van der Waals surface area contributed by atoms with Crippen LogP contribution in [-0.2, 0) is 9.53 Å². The zero-order valence-electron chi connectivity index (χ0n) is 16.3. The van der Waals surface area contributed by atoms with Crippen LogP contribution < -0.4 is 9.47 Å². The predicted molar refractivity (Wildman–Crippen MR) is 106 cm³/mol. The van der Waals surface area contributed by atoms with Crippen LogP contribution in [0.4, 0.5) is 0 Å². The van der Waals surface area contributed by atoms with Gasteiger partial charge in [-0.25, -0.2) is 4.98 Å². The van der Waals surface area contributed by atoms with Crippen LogP contribution in [0.15, 0.2) is 52.8 Å². The number of esters is 1. The van der Waals surface area contributed by atoms with Gasteiger partial charge in [0.05, 0.1) is 19.1 Å². The normalized spacial score (nSPS) is 17.6. The lowest BCUT2D eigenvalue weighted by atomic mass is 9.85. The van der Waals surface area contributed by atoms with Gasteiger partial charge in [0.1, 0.15) is 23.0 Å². The number of aromatic nitrogens is 1. The number of rotatable bonds is 3. The number of methoxy groups -OCH3 is 1. The van der Waals surface area contributed by atoms with Gasteiger partial charge in [-0.05, 0) is 37.3 Å². The summed E-state index contributed by atoms with van der Waals surface area (Å²) in [6.45, 7) is 1.82. The summed E-state index contributed by atoms with van der Waals surface area (Å²) in [7, 11) is 1.34.